The van der Waals surface area contributed by atoms with Crippen molar-refractivity contribution in [1.29, 1.82) is 0 Å². The van der Waals surface area contributed by atoms with Crippen LogP contribution in [0.1, 0.15) is 165 Å². The topological polar surface area (TPSA) is 109 Å². The SMILES string of the molecule is CC1=C2C[C@H]3[C@@H](CC=C4C[C@@H](O)CC[C@@]43C)[C@@H]2CC[C@]12O[C@@H]1C[C@H](C)CN[C@H]1[C@H]2C.CC1=C2C[C@H]3[C@@H](CC[C@@H]4C[C@H](NS(C)(=O)=O)CC[C@@]43C)[C@@H]2CC[C@]12O[C@@H]1C[C@H](C)CN[C@H]1[C@H]2C. The number of rotatable bonds is 2. The average Bonchev–Trinajstić information content (AvgIpc) is 3.98. The molecule has 4 aliphatic heterocycles. The molecule has 12 rings (SSSR count). The summed E-state index contributed by atoms with van der Waals surface area (Å²) >= 11 is 0. The van der Waals surface area contributed by atoms with Gasteiger partial charge in [0.15, 0.2) is 0 Å². The standard InChI is InChI=1S/C28H46N2O3S.C27H41NO2/c1-16-12-25-26(29-15-16)18(3)28(33-25)11-9-21-22-7-6-19-13-20(30-34(5,31)32)8-10-27(19,4)24(22)14-23(21)17(28)2;1-15-11-24-25(28-14-15)17(3)27(30-24)10-8-20-21-6-5-18-12-19(29)7-9-26(18,4)23(21)13-22(20)16(27)2/h16,18-22,24-26,29-30H,6-15H2,1-5H3;5,15,17,19-21,23-25,28-29H,6-14H2,1-4H3/t16-,18+,19+,20+,21-,22-,24-,25+,26-,27-,28-;15-,17+,19-,20-,21-,23-,24+,25-,26-,27-/m00/s1. The van der Waals surface area contributed by atoms with Gasteiger partial charge in [0.05, 0.1) is 35.8 Å². The fraction of sp³-hybridized carbons (Fsp3) is 0.891. The summed E-state index contributed by atoms with van der Waals surface area (Å²) in [6.07, 6.45) is 24.6. The number of aliphatic hydroxyl groups excluding tert-OH is 1. The van der Waals surface area contributed by atoms with E-state index in [0.717, 1.165) is 86.6 Å². The second-order valence-corrected chi connectivity index (χ2v) is 27.5. The maximum Gasteiger partial charge on any atom is 0.208 e. The van der Waals surface area contributed by atoms with Gasteiger partial charge in [-0.1, -0.05) is 64.3 Å². The lowest BCUT2D eigenvalue weighted by Gasteiger charge is -2.54. The second-order valence-electron chi connectivity index (χ2n) is 25.7. The summed E-state index contributed by atoms with van der Waals surface area (Å²) in [5, 5.41) is 18.0. The molecule has 0 aromatic heterocycles. The van der Waals surface area contributed by atoms with E-state index >= 15 is 0 Å². The van der Waals surface area contributed by atoms with Crippen molar-refractivity contribution in [2.75, 3.05) is 19.3 Å². The van der Waals surface area contributed by atoms with Crippen LogP contribution in [-0.2, 0) is 19.5 Å². The van der Waals surface area contributed by atoms with E-state index in [2.05, 4.69) is 76.8 Å². The summed E-state index contributed by atoms with van der Waals surface area (Å²) < 4.78 is 40.7. The van der Waals surface area contributed by atoms with Gasteiger partial charge in [-0.05, 0) is 211 Å². The molecule has 0 bridgehead atoms. The van der Waals surface area contributed by atoms with Crippen LogP contribution in [0.5, 0.6) is 0 Å². The Kier molecular flexibility index (Phi) is 11.3. The molecule has 8 aliphatic carbocycles. The molecule has 8 nitrogen and oxygen atoms in total. The van der Waals surface area contributed by atoms with Gasteiger partial charge in [-0.3, -0.25) is 0 Å². The first kappa shape index (κ1) is 45.4. The van der Waals surface area contributed by atoms with Crippen LogP contribution in [0.2, 0.25) is 0 Å². The number of fused-ring (bicyclic) bond motifs is 12. The normalized spacial score (nSPS) is 53.8. The molecule has 358 valence electrons. The number of ether oxygens (including phenoxy) is 2. The van der Waals surface area contributed by atoms with Crippen molar-refractivity contribution >= 4 is 10.0 Å². The van der Waals surface area contributed by atoms with Gasteiger partial charge in [-0.25, -0.2) is 13.1 Å². The highest BCUT2D eigenvalue weighted by Crippen LogP contribution is 2.68. The largest absolute Gasteiger partial charge is 0.393 e. The van der Waals surface area contributed by atoms with Crippen LogP contribution in [0, 0.1) is 75.9 Å². The number of piperidine rings is 2. The summed E-state index contributed by atoms with van der Waals surface area (Å²) in [6, 6.07) is 1.16. The zero-order chi connectivity index (χ0) is 44.9. The van der Waals surface area contributed by atoms with Gasteiger partial charge in [0.25, 0.3) is 0 Å². The summed E-state index contributed by atoms with van der Waals surface area (Å²) in [4.78, 5) is 0. The minimum Gasteiger partial charge on any atom is -0.393 e. The Morgan fingerprint density at radius 3 is 1.88 bits per heavy atom. The van der Waals surface area contributed by atoms with E-state index in [1.54, 1.807) is 27.9 Å². The zero-order valence-electron chi connectivity index (χ0n) is 41.3. The Bertz CT molecular complexity index is 2070. The van der Waals surface area contributed by atoms with Gasteiger partial charge in [0, 0.05) is 30.0 Å². The lowest BCUT2D eigenvalue weighted by Crippen LogP contribution is -2.50. The van der Waals surface area contributed by atoms with Crippen molar-refractivity contribution in [1.82, 2.24) is 15.4 Å². The molecule has 21 atom stereocenters. The zero-order valence-corrected chi connectivity index (χ0v) is 42.1. The van der Waals surface area contributed by atoms with E-state index in [1.165, 1.54) is 83.3 Å². The van der Waals surface area contributed by atoms with Crippen molar-refractivity contribution in [3.8, 4) is 0 Å². The second kappa shape index (κ2) is 16.0. The van der Waals surface area contributed by atoms with Gasteiger partial charge in [-0.2, -0.15) is 0 Å². The molecular formula is C55H87N3O5S. The molecule has 12 aliphatic rings. The third kappa shape index (κ3) is 6.91. The van der Waals surface area contributed by atoms with E-state index in [1.807, 2.05) is 0 Å². The first-order chi connectivity index (χ1) is 30.3. The first-order valence-corrected chi connectivity index (χ1v) is 28.8. The van der Waals surface area contributed by atoms with Crippen LogP contribution in [0.3, 0.4) is 0 Å². The molecule has 9 fully saturated rings. The van der Waals surface area contributed by atoms with Crippen molar-refractivity contribution in [2.24, 2.45) is 75.9 Å². The van der Waals surface area contributed by atoms with Crippen molar-refractivity contribution < 1.29 is 23.0 Å². The highest BCUT2D eigenvalue weighted by Gasteiger charge is 2.63. The fourth-order valence-corrected chi connectivity index (χ4v) is 20.0. The third-order valence-corrected chi connectivity index (χ3v) is 23.5. The minimum absolute atomic E-state index is 0.0222. The molecule has 2 spiro atoms. The molecule has 4 saturated heterocycles. The number of allylic oxidation sites excluding steroid dienone is 3. The molecule has 0 unspecified atom stereocenters. The first-order valence-electron chi connectivity index (χ1n) is 26.9. The highest BCUT2D eigenvalue weighted by atomic mass is 32.2. The number of aliphatic hydroxyl groups is 1. The average molecular weight is 902 g/mol. The van der Waals surface area contributed by atoms with Crippen LogP contribution < -0.4 is 15.4 Å². The lowest BCUT2D eigenvalue weighted by atomic mass is 9.52. The molecular weight excluding hydrogens is 815 g/mol. The monoisotopic (exact) mass is 902 g/mol. The molecule has 9 heteroatoms. The maximum atomic E-state index is 11.9. The molecule has 0 aromatic rings. The summed E-state index contributed by atoms with van der Waals surface area (Å²) in [5.41, 5.74) is 8.91. The maximum absolute atomic E-state index is 11.9. The fourth-order valence-electron chi connectivity index (χ4n) is 19.2. The Balaban J connectivity index is 0.000000144. The van der Waals surface area contributed by atoms with Crippen molar-refractivity contribution in [2.45, 2.75) is 212 Å². The molecule has 0 aromatic carbocycles. The molecule has 64 heavy (non-hydrogen) atoms. The van der Waals surface area contributed by atoms with Crippen molar-refractivity contribution in [3.05, 3.63) is 33.9 Å². The van der Waals surface area contributed by atoms with E-state index < -0.39 is 10.0 Å². The van der Waals surface area contributed by atoms with Gasteiger partial charge in [-0.15, -0.1) is 0 Å². The number of nitrogens with one attached hydrogen (secondary N) is 3. The van der Waals surface area contributed by atoms with Crippen molar-refractivity contribution in [3.63, 3.8) is 0 Å². The Morgan fingerprint density at radius 2 is 1.28 bits per heavy atom. The predicted octanol–water partition coefficient (Wildman–Crippen LogP) is 9.64. The number of hydrogen-bond acceptors (Lipinski definition) is 7. The van der Waals surface area contributed by atoms with Gasteiger partial charge >= 0.3 is 0 Å². The molecule has 0 radical (unpaired) electrons. The van der Waals surface area contributed by atoms with E-state index in [4.69, 9.17) is 9.47 Å². The lowest BCUT2D eigenvalue weighted by molar-refractivity contribution is -0.0596. The molecule has 4 N–H and O–H groups in total. The van der Waals surface area contributed by atoms with Gasteiger partial charge in [0.2, 0.25) is 10.0 Å². The molecule has 0 amide bonds. The summed E-state index contributed by atoms with van der Waals surface area (Å²) in [5.74, 6) is 7.87. The number of hydrogen-bond donors (Lipinski definition) is 4. The van der Waals surface area contributed by atoms with E-state index in [0.29, 0.717) is 58.8 Å². The number of sulfonamides is 1. The van der Waals surface area contributed by atoms with Crippen LogP contribution >= 0.6 is 0 Å². The minimum atomic E-state index is -3.13. The van der Waals surface area contributed by atoms with Crippen LogP contribution in [0.4, 0.5) is 0 Å². The van der Waals surface area contributed by atoms with E-state index in [-0.39, 0.29) is 23.3 Å². The molecule has 5 saturated carbocycles. The quantitative estimate of drug-likeness (QED) is 0.205. The Labute approximate surface area is 388 Å². The van der Waals surface area contributed by atoms with Gasteiger partial charge < -0.3 is 25.2 Å². The third-order valence-electron chi connectivity index (χ3n) is 22.7. The molecule has 4 heterocycles. The highest BCUT2D eigenvalue weighted by molar-refractivity contribution is 7.88. The van der Waals surface area contributed by atoms with E-state index in [9.17, 15) is 13.5 Å². The van der Waals surface area contributed by atoms with Crippen LogP contribution in [0.15, 0.2) is 33.9 Å². The van der Waals surface area contributed by atoms with Crippen LogP contribution in [0.25, 0.3) is 0 Å². The van der Waals surface area contributed by atoms with Crippen LogP contribution in [-0.4, -0.2) is 80.5 Å². The van der Waals surface area contributed by atoms with Gasteiger partial charge in [0.1, 0.15) is 0 Å². The summed E-state index contributed by atoms with van der Waals surface area (Å²) in [6.45, 7) is 21.9. The Morgan fingerprint density at radius 1 is 0.703 bits per heavy atom. The summed E-state index contributed by atoms with van der Waals surface area (Å²) in [7, 11) is -3.13. The smallest absolute Gasteiger partial charge is 0.208 e. The predicted molar refractivity (Wildman–Crippen MR) is 256 cm³/mol. The Hall–Kier alpha value is -1.07.